The molecule has 0 aliphatic rings. The van der Waals surface area contributed by atoms with E-state index in [1.165, 1.54) is 6.33 Å². The highest BCUT2D eigenvalue weighted by atomic mass is 16.2. The van der Waals surface area contributed by atoms with E-state index in [2.05, 4.69) is 15.7 Å². The maximum Gasteiger partial charge on any atom is 0.338 e. The Bertz CT molecular complexity index is 1150. The average Bonchev–Trinajstić information content (AvgIpc) is 2.64. The number of urea groups is 1. The number of amides is 2. The van der Waals surface area contributed by atoms with Crippen molar-refractivity contribution in [3.63, 3.8) is 0 Å². The molecule has 0 radical (unpaired) electrons. The van der Waals surface area contributed by atoms with Crippen molar-refractivity contribution in [3.05, 3.63) is 83.4 Å². The number of hydrogen-bond acceptors (Lipinski definition) is 3. The van der Waals surface area contributed by atoms with Gasteiger partial charge in [-0.1, -0.05) is 42.5 Å². The molecule has 1 heterocycles. The van der Waals surface area contributed by atoms with Crippen LogP contribution in [-0.2, 0) is 0 Å². The van der Waals surface area contributed by atoms with Crippen LogP contribution in [0.4, 0.5) is 10.5 Å². The molecule has 0 atom stereocenters. The number of fused-ring (bicyclic) bond motifs is 2. The first kappa shape index (κ1) is 14.9. The van der Waals surface area contributed by atoms with E-state index in [-0.39, 0.29) is 5.56 Å². The van der Waals surface area contributed by atoms with Crippen molar-refractivity contribution in [1.29, 1.82) is 0 Å². The van der Waals surface area contributed by atoms with Crippen LogP contribution in [0.1, 0.15) is 0 Å². The average molecular weight is 330 g/mol. The zero-order valence-corrected chi connectivity index (χ0v) is 13.1. The Balaban J connectivity index is 1.57. The van der Waals surface area contributed by atoms with Crippen molar-refractivity contribution in [2.75, 3.05) is 10.7 Å². The zero-order chi connectivity index (χ0) is 17.2. The van der Waals surface area contributed by atoms with Gasteiger partial charge in [-0.2, -0.15) is 0 Å². The van der Waals surface area contributed by atoms with Crippen molar-refractivity contribution in [3.8, 4) is 0 Å². The molecule has 0 unspecified atom stereocenters. The van der Waals surface area contributed by atoms with Gasteiger partial charge < -0.3 is 5.32 Å². The van der Waals surface area contributed by atoms with Crippen LogP contribution < -0.4 is 16.3 Å². The van der Waals surface area contributed by atoms with Crippen molar-refractivity contribution < 1.29 is 4.79 Å². The number of carbonyl (C=O) groups excluding carboxylic acids is 1. The van der Waals surface area contributed by atoms with Gasteiger partial charge in [0, 0.05) is 5.69 Å². The molecule has 2 amide bonds. The highest BCUT2D eigenvalue weighted by Gasteiger charge is 2.07. The number of nitrogens with one attached hydrogen (secondary N) is 2. The molecule has 4 aromatic rings. The summed E-state index contributed by atoms with van der Waals surface area (Å²) in [5.41, 5.74) is 3.38. The van der Waals surface area contributed by atoms with Crippen molar-refractivity contribution >= 4 is 33.4 Å². The molecule has 25 heavy (non-hydrogen) atoms. The molecule has 0 saturated heterocycles. The lowest BCUT2D eigenvalue weighted by Gasteiger charge is -2.10. The quantitative estimate of drug-likeness (QED) is 0.592. The summed E-state index contributed by atoms with van der Waals surface area (Å²) in [5.74, 6) is 0. The lowest BCUT2D eigenvalue weighted by Crippen LogP contribution is -2.35. The van der Waals surface area contributed by atoms with E-state index in [0.717, 1.165) is 15.4 Å². The third kappa shape index (κ3) is 2.92. The van der Waals surface area contributed by atoms with Crippen LogP contribution in [0.2, 0.25) is 0 Å². The molecule has 6 nitrogen and oxygen atoms in total. The van der Waals surface area contributed by atoms with Gasteiger partial charge in [-0.15, -0.1) is 0 Å². The van der Waals surface area contributed by atoms with Gasteiger partial charge in [0.05, 0.1) is 10.9 Å². The number of para-hydroxylation sites is 1. The minimum Gasteiger partial charge on any atom is -0.307 e. The van der Waals surface area contributed by atoms with E-state index in [4.69, 9.17) is 0 Å². The highest BCUT2D eigenvalue weighted by Crippen LogP contribution is 2.18. The SMILES string of the molecule is O=C(Nc1ccc2ccccc2c1)Nn1cnc2ccccc2c1=O. The number of anilines is 1. The van der Waals surface area contributed by atoms with Gasteiger partial charge in [0.25, 0.3) is 5.56 Å². The van der Waals surface area contributed by atoms with Gasteiger partial charge in [0.2, 0.25) is 0 Å². The van der Waals surface area contributed by atoms with E-state index < -0.39 is 6.03 Å². The Morgan fingerprint density at radius 3 is 2.56 bits per heavy atom. The summed E-state index contributed by atoms with van der Waals surface area (Å²) in [6.07, 6.45) is 1.30. The fourth-order valence-electron chi connectivity index (χ4n) is 2.68. The lowest BCUT2D eigenvalue weighted by atomic mass is 10.1. The van der Waals surface area contributed by atoms with Crippen LogP contribution in [-0.4, -0.2) is 15.7 Å². The molecule has 0 spiro atoms. The first-order valence-electron chi connectivity index (χ1n) is 7.74. The summed E-state index contributed by atoms with van der Waals surface area (Å²) in [6, 6.07) is 19.9. The Morgan fingerprint density at radius 1 is 0.920 bits per heavy atom. The van der Waals surface area contributed by atoms with E-state index in [0.29, 0.717) is 16.6 Å². The first-order chi connectivity index (χ1) is 12.2. The Labute approximate surface area is 142 Å². The predicted molar refractivity (Wildman–Crippen MR) is 98.3 cm³/mol. The van der Waals surface area contributed by atoms with Crippen LogP contribution in [0, 0.1) is 0 Å². The van der Waals surface area contributed by atoms with Crippen LogP contribution in [0.15, 0.2) is 77.9 Å². The number of carbonyl (C=O) groups is 1. The van der Waals surface area contributed by atoms with Gasteiger partial charge in [-0.05, 0) is 35.0 Å². The van der Waals surface area contributed by atoms with Crippen LogP contribution in [0.25, 0.3) is 21.7 Å². The second-order valence-corrected chi connectivity index (χ2v) is 5.56. The highest BCUT2D eigenvalue weighted by molar-refractivity contribution is 5.97. The maximum absolute atomic E-state index is 12.4. The summed E-state index contributed by atoms with van der Waals surface area (Å²) in [7, 11) is 0. The smallest absolute Gasteiger partial charge is 0.307 e. The Kier molecular flexibility index (Phi) is 3.63. The minimum atomic E-state index is -0.519. The summed E-state index contributed by atoms with van der Waals surface area (Å²) in [5, 5.41) is 5.27. The molecule has 3 aromatic carbocycles. The third-order valence-corrected chi connectivity index (χ3v) is 3.89. The molecule has 6 heteroatoms. The molecule has 0 aliphatic carbocycles. The minimum absolute atomic E-state index is 0.334. The van der Waals surface area contributed by atoms with E-state index in [9.17, 15) is 9.59 Å². The van der Waals surface area contributed by atoms with Crippen LogP contribution in [0.5, 0.6) is 0 Å². The van der Waals surface area contributed by atoms with Gasteiger partial charge in [0.1, 0.15) is 6.33 Å². The second-order valence-electron chi connectivity index (χ2n) is 5.56. The number of benzene rings is 3. The normalized spacial score (nSPS) is 10.7. The van der Waals surface area contributed by atoms with Crippen LogP contribution in [0.3, 0.4) is 0 Å². The van der Waals surface area contributed by atoms with E-state index in [1.54, 1.807) is 24.3 Å². The predicted octanol–water partition coefficient (Wildman–Crippen LogP) is 3.33. The molecular weight excluding hydrogens is 316 g/mol. The number of rotatable bonds is 2. The van der Waals surface area contributed by atoms with E-state index in [1.807, 2.05) is 42.5 Å². The van der Waals surface area contributed by atoms with Gasteiger partial charge in [0.15, 0.2) is 0 Å². The van der Waals surface area contributed by atoms with Crippen LogP contribution >= 0.6 is 0 Å². The maximum atomic E-state index is 12.4. The van der Waals surface area contributed by atoms with Gasteiger partial charge in [-0.3, -0.25) is 4.79 Å². The number of nitrogens with zero attached hydrogens (tertiary/aromatic N) is 2. The summed E-state index contributed by atoms with van der Waals surface area (Å²) in [4.78, 5) is 28.7. The summed E-state index contributed by atoms with van der Waals surface area (Å²) >= 11 is 0. The number of hydrogen-bond donors (Lipinski definition) is 2. The molecule has 0 fully saturated rings. The Morgan fingerprint density at radius 2 is 1.68 bits per heavy atom. The zero-order valence-electron chi connectivity index (χ0n) is 13.1. The van der Waals surface area contributed by atoms with Crippen molar-refractivity contribution in [2.45, 2.75) is 0 Å². The first-order valence-corrected chi connectivity index (χ1v) is 7.74. The number of aromatic nitrogens is 2. The van der Waals surface area contributed by atoms with Crippen molar-refractivity contribution in [2.24, 2.45) is 0 Å². The Hall–Kier alpha value is -3.67. The fraction of sp³-hybridized carbons (Fsp3) is 0. The summed E-state index contributed by atoms with van der Waals surface area (Å²) < 4.78 is 1.07. The topological polar surface area (TPSA) is 76.0 Å². The van der Waals surface area contributed by atoms with Gasteiger partial charge >= 0.3 is 6.03 Å². The standard InChI is InChI=1S/C19H14N4O2/c24-18-16-7-3-4-8-17(16)20-12-23(18)22-19(25)21-15-10-9-13-5-1-2-6-14(13)11-15/h1-12H,(H2,21,22,25). The second kappa shape index (κ2) is 6.09. The monoisotopic (exact) mass is 330 g/mol. The molecule has 122 valence electrons. The van der Waals surface area contributed by atoms with Gasteiger partial charge in [-0.25, -0.2) is 19.9 Å². The molecule has 0 bridgehead atoms. The molecule has 2 N–H and O–H groups in total. The van der Waals surface area contributed by atoms with E-state index >= 15 is 0 Å². The summed E-state index contributed by atoms with van der Waals surface area (Å²) in [6.45, 7) is 0. The third-order valence-electron chi connectivity index (χ3n) is 3.89. The fourth-order valence-corrected chi connectivity index (χ4v) is 2.68. The molecule has 0 saturated carbocycles. The molecule has 1 aromatic heterocycles. The lowest BCUT2D eigenvalue weighted by molar-refractivity contribution is 0.259. The molecule has 0 aliphatic heterocycles. The molecule has 4 rings (SSSR count). The van der Waals surface area contributed by atoms with Crippen molar-refractivity contribution in [1.82, 2.24) is 9.66 Å². The molecular formula is C19H14N4O2. The largest absolute Gasteiger partial charge is 0.338 e.